The molecule has 0 N–H and O–H groups in total. The van der Waals surface area contributed by atoms with E-state index in [1.807, 2.05) is 0 Å². The Kier molecular flexibility index (Phi) is 2.91. The minimum Gasteiger partial charge on any atom is -0.346 e. The van der Waals surface area contributed by atoms with E-state index in [2.05, 4.69) is 40.8 Å². The smallest absolute Gasteiger partial charge is 0.0506 e. The number of piperidine rings is 1. The van der Waals surface area contributed by atoms with Crippen LogP contribution < -0.4 is 0 Å². The van der Waals surface area contributed by atoms with Crippen LogP contribution in [0.5, 0.6) is 0 Å². The lowest BCUT2D eigenvalue weighted by molar-refractivity contribution is 0.0293. The quantitative estimate of drug-likeness (QED) is 0.704. The number of nitrogens with zero attached hydrogens (tertiary/aromatic N) is 2. The average molecular weight is 294 g/mol. The van der Waals surface area contributed by atoms with Gasteiger partial charge in [-0.25, -0.2) is 0 Å². The molecule has 5 rings (SSSR count). The van der Waals surface area contributed by atoms with Crippen LogP contribution in [0, 0.1) is 11.8 Å². The van der Waals surface area contributed by atoms with E-state index in [1.54, 1.807) is 11.3 Å². The van der Waals surface area contributed by atoms with Crippen molar-refractivity contribution in [3.63, 3.8) is 0 Å². The molecule has 116 valence electrons. The molecule has 3 atom stereocenters. The molecule has 2 heteroatoms. The van der Waals surface area contributed by atoms with Crippen LogP contribution in [0.2, 0.25) is 0 Å². The van der Waals surface area contributed by atoms with E-state index < -0.39 is 0 Å². The third kappa shape index (κ3) is 1.76. The van der Waals surface area contributed by atoms with Crippen LogP contribution in [0.1, 0.15) is 49.4 Å². The van der Waals surface area contributed by atoms with Gasteiger partial charge in [-0.1, -0.05) is 37.5 Å². The SMILES string of the molecule is Cn1c2c(c3ccccc31)CCN1C[C@H]3CCCC[C@@H]3C[C@@H]21. The summed E-state index contributed by atoms with van der Waals surface area (Å²) in [6.45, 7) is 2.63. The Morgan fingerprint density at radius 3 is 2.77 bits per heavy atom. The van der Waals surface area contributed by atoms with Crippen molar-refractivity contribution in [3.05, 3.63) is 35.5 Å². The van der Waals surface area contributed by atoms with Crippen molar-refractivity contribution in [2.75, 3.05) is 13.1 Å². The average Bonchev–Trinajstić information content (AvgIpc) is 2.87. The van der Waals surface area contributed by atoms with Crippen LogP contribution in [0.3, 0.4) is 0 Å². The Labute approximate surface area is 133 Å². The second-order valence-corrected chi connectivity index (χ2v) is 7.74. The maximum atomic E-state index is 2.81. The Balaban J connectivity index is 1.61. The highest BCUT2D eigenvalue weighted by atomic mass is 15.2. The molecule has 1 saturated heterocycles. The Bertz CT molecular complexity index is 714. The summed E-state index contributed by atoms with van der Waals surface area (Å²) in [6.07, 6.45) is 8.55. The van der Waals surface area contributed by atoms with Gasteiger partial charge in [0.1, 0.15) is 0 Å². The molecule has 1 aromatic carbocycles. The second-order valence-electron chi connectivity index (χ2n) is 7.74. The van der Waals surface area contributed by atoms with E-state index in [0.29, 0.717) is 6.04 Å². The summed E-state index contributed by atoms with van der Waals surface area (Å²) >= 11 is 0. The fraction of sp³-hybridized carbons (Fsp3) is 0.600. The highest BCUT2D eigenvalue weighted by Gasteiger charge is 2.41. The fourth-order valence-corrected chi connectivity index (χ4v) is 5.67. The molecule has 0 spiro atoms. The third-order valence-electron chi connectivity index (χ3n) is 6.73. The van der Waals surface area contributed by atoms with Crippen LogP contribution in [0.15, 0.2) is 24.3 Å². The number of benzene rings is 1. The van der Waals surface area contributed by atoms with Gasteiger partial charge in [0.05, 0.1) is 6.04 Å². The zero-order valence-electron chi connectivity index (χ0n) is 13.6. The first-order valence-corrected chi connectivity index (χ1v) is 9.13. The first-order chi connectivity index (χ1) is 10.8. The molecule has 0 unspecified atom stereocenters. The molecule has 0 amide bonds. The molecule has 0 radical (unpaired) electrons. The number of rotatable bonds is 0. The van der Waals surface area contributed by atoms with E-state index in [0.717, 1.165) is 11.8 Å². The lowest BCUT2D eigenvalue weighted by Gasteiger charge is -2.48. The van der Waals surface area contributed by atoms with Gasteiger partial charge in [-0.2, -0.15) is 0 Å². The summed E-state index contributed by atoms with van der Waals surface area (Å²) in [7, 11) is 2.29. The Morgan fingerprint density at radius 1 is 1.05 bits per heavy atom. The first kappa shape index (κ1) is 13.2. The van der Waals surface area contributed by atoms with Gasteiger partial charge >= 0.3 is 0 Å². The summed E-state index contributed by atoms with van der Waals surface area (Å²) < 4.78 is 2.50. The number of hydrogen-bond acceptors (Lipinski definition) is 1. The van der Waals surface area contributed by atoms with Crippen LogP contribution >= 0.6 is 0 Å². The molecule has 0 bridgehead atoms. The molecular weight excluding hydrogens is 268 g/mol. The van der Waals surface area contributed by atoms with Crippen LogP contribution in [0.4, 0.5) is 0 Å². The van der Waals surface area contributed by atoms with Gasteiger partial charge in [-0.05, 0) is 42.7 Å². The largest absolute Gasteiger partial charge is 0.346 e. The van der Waals surface area contributed by atoms with E-state index in [-0.39, 0.29) is 0 Å². The highest BCUT2D eigenvalue weighted by Crippen LogP contribution is 2.47. The van der Waals surface area contributed by atoms with Crippen LogP contribution in [0.25, 0.3) is 10.9 Å². The number of aromatic nitrogens is 1. The number of aryl methyl sites for hydroxylation is 1. The van der Waals surface area contributed by atoms with Crippen molar-refractivity contribution in [2.24, 2.45) is 18.9 Å². The molecule has 1 saturated carbocycles. The molecule has 1 aliphatic carbocycles. The lowest BCUT2D eigenvalue weighted by atomic mass is 9.71. The van der Waals surface area contributed by atoms with Gasteiger partial charge in [0.15, 0.2) is 0 Å². The summed E-state index contributed by atoms with van der Waals surface area (Å²) in [5.74, 6) is 1.97. The van der Waals surface area contributed by atoms with Gasteiger partial charge in [-0.3, -0.25) is 4.90 Å². The zero-order valence-corrected chi connectivity index (χ0v) is 13.6. The van der Waals surface area contributed by atoms with E-state index in [9.17, 15) is 0 Å². The monoisotopic (exact) mass is 294 g/mol. The van der Waals surface area contributed by atoms with Crippen LogP contribution in [-0.4, -0.2) is 22.6 Å². The predicted octanol–water partition coefficient (Wildman–Crippen LogP) is 4.29. The van der Waals surface area contributed by atoms with Crippen LogP contribution in [-0.2, 0) is 13.5 Å². The van der Waals surface area contributed by atoms with Crippen molar-refractivity contribution in [1.29, 1.82) is 0 Å². The van der Waals surface area contributed by atoms with Crippen molar-refractivity contribution in [2.45, 2.75) is 44.6 Å². The van der Waals surface area contributed by atoms with Crippen molar-refractivity contribution in [3.8, 4) is 0 Å². The lowest BCUT2D eigenvalue weighted by Crippen LogP contribution is -2.47. The molecule has 22 heavy (non-hydrogen) atoms. The maximum absolute atomic E-state index is 2.81. The minimum atomic E-state index is 0.681. The van der Waals surface area contributed by atoms with Crippen molar-refractivity contribution >= 4 is 10.9 Å². The topological polar surface area (TPSA) is 8.17 Å². The number of fused-ring (bicyclic) bond motifs is 6. The van der Waals surface area contributed by atoms with Gasteiger partial charge in [0.25, 0.3) is 0 Å². The molecule has 3 heterocycles. The summed E-state index contributed by atoms with van der Waals surface area (Å²) in [5, 5.41) is 1.51. The second kappa shape index (κ2) is 4.86. The van der Waals surface area contributed by atoms with Gasteiger partial charge in [0.2, 0.25) is 0 Å². The molecular formula is C20H26N2. The summed E-state index contributed by atoms with van der Waals surface area (Å²) in [6, 6.07) is 9.69. The Morgan fingerprint density at radius 2 is 1.86 bits per heavy atom. The number of para-hydroxylation sites is 1. The summed E-state index contributed by atoms with van der Waals surface area (Å²) in [4.78, 5) is 2.81. The van der Waals surface area contributed by atoms with Crippen molar-refractivity contribution < 1.29 is 0 Å². The van der Waals surface area contributed by atoms with Gasteiger partial charge in [0, 0.05) is 36.7 Å². The van der Waals surface area contributed by atoms with Gasteiger partial charge < -0.3 is 4.57 Å². The van der Waals surface area contributed by atoms with Gasteiger partial charge in [-0.15, -0.1) is 0 Å². The van der Waals surface area contributed by atoms with Crippen molar-refractivity contribution in [1.82, 2.24) is 9.47 Å². The molecule has 2 nitrogen and oxygen atoms in total. The fourth-order valence-electron chi connectivity index (χ4n) is 5.67. The normalized spacial score (nSPS) is 31.6. The van der Waals surface area contributed by atoms with E-state index >= 15 is 0 Å². The molecule has 1 aromatic heterocycles. The molecule has 2 aromatic rings. The number of hydrogen-bond donors (Lipinski definition) is 0. The molecule has 2 aliphatic heterocycles. The standard InChI is InChI=1S/C20H26N2/c1-21-18-9-5-4-8-16(18)17-10-11-22-13-15-7-3-2-6-14(15)12-19(22)20(17)21/h4-5,8-9,14-15,19H,2-3,6-7,10-13H2,1H3/t14-,15-,19+/m1/s1. The highest BCUT2D eigenvalue weighted by molar-refractivity contribution is 5.86. The molecule has 2 fully saturated rings. The predicted molar refractivity (Wildman–Crippen MR) is 91.0 cm³/mol. The first-order valence-electron chi connectivity index (χ1n) is 9.13. The molecule has 3 aliphatic rings. The summed E-state index contributed by atoms with van der Waals surface area (Å²) in [5.41, 5.74) is 4.71. The van der Waals surface area contributed by atoms with E-state index in [4.69, 9.17) is 0 Å². The minimum absolute atomic E-state index is 0.681. The Hall–Kier alpha value is -1.28. The third-order valence-corrected chi connectivity index (χ3v) is 6.73. The van der Waals surface area contributed by atoms with E-state index in [1.165, 1.54) is 62.5 Å². The maximum Gasteiger partial charge on any atom is 0.0506 e. The zero-order chi connectivity index (χ0) is 14.7.